The lowest BCUT2D eigenvalue weighted by atomic mass is 10.1. The Hall–Kier alpha value is -2.71. The molecule has 0 saturated heterocycles. The summed E-state index contributed by atoms with van der Waals surface area (Å²) in [7, 11) is 5.37. The van der Waals surface area contributed by atoms with E-state index < -0.39 is 18.1 Å². The first kappa shape index (κ1) is 44.3. The van der Waals surface area contributed by atoms with Crippen molar-refractivity contribution in [1.82, 2.24) is 0 Å². The van der Waals surface area contributed by atoms with Crippen LogP contribution in [0.1, 0.15) is 129 Å². The number of ether oxygens (including phenoxy) is 3. The first-order valence-corrected chi connectivity index (χ1v) is 18.2. The summed E-state index contributed by atoms with van der Waals surface area (Å²) < 4.78 is 17.0. The van der Waals surface area contributed by atoms with Crippen LogP contribution in [0.15, 0.2) is 48.6 Å². The zero-order chi connectivity index (χ0) is 35.0. The molecule has 0 aliphatic rings. The number of esters is 2. The number of carbonyl (C=O) groups excluding carboxylic acids is 3. The third-order valence-electron chi connectivity index (χ3n) is 7.70. The summed E-state index contributed by atoms with van der Waals surface area (Å²) in [5, 5.41) is 11.5. The van der Waals surface area contributed by atoms with Gasteiger partial charge in [-0.05, 0) is 64.2 Å². The van der Waals surface area contributed by atoms with Crippen LogP contribution in [0, 0.1) is 0 Å². The number of hydrogen-bond acceptors (Lipinski definition) is 7. The summed E-state index contributed by atoms with van der Waals surface area (Å²) in [6.45, 7) is 4.42. The Bertz CT molecular complexity index is 917. The number of unbranched alkanes of at least 4 members (excludes halogenated alkanes) is 9. The van der Waals surface area contributed by atoms with Crippen LogP contribution in [0.4, 0.5) is 0 Å². The van der Waals surface area contributed by atoms with Crippen molar-refractivity contribution in [2.45, 2.75) is 142 Å². The Kier molecular flexibility index (Phi) is 28.8. The van der Waals surface area contributed by atoms with Crippen LogP contribution in [0.5, 0.6) is 0 Å². The Morgan fingerprint density at radius 2 is 1.21 bits per heavy atom. The van der Waals surface area contributed by atoms with Crippen molar-refractivity contribution in [2.24, 2.45) is 0 Å². The number of quaternary nitrogens is 1. The molecule has 47 heavy (non-hydrogen) atoms. The second-order valence-corrected chi connectivity index (χ2v) is 13.1. The van der Waals surface area contributed by atoms with Crippen molar-refractivity contribution < 1.29 is 38.2 Å². The molecule has 0 aliphatic carbocycles. The highest BCUT2D eigenvalue weighted by Crippen LogP contribution is 2.11. The molecule has 0 radical (unpaired) electrons. The number of carboxylic acid groups (broad SMARTS) is 1. The SMILES string of the molecule is CC/C=C/C/C=C/C/C=C/CCCCCCC(=O)OC(COCCC(C(=O)[O-])[N+](C)(C)C)COC(=O)CCC/C=C/CCCCCC. The Labute approximate surface area is 286 Å². The van der Waals surface area contributed by atoms with E-state index in [1.165, 1.54) is 25.7 Å². The number of aliphatic carboxylic acids is 1. The standard InChI is InChI=1S/C39H67NO7/c1-6-8-10-12-14-16-17-18-19-20-22-24-26-28-30-38(42)47-35(33-45-32-31-36(39(43)44)40(3,4)5)34-46-37(41)29-27-25-23-21-15-13-11-9-7-2/h8,10,14,16,18-19,21,23,35-36H,6-7,9,11-13,15,17,20,22,24-34H2,1-5H3/b10-8+,16-14+,19-18+,23-21+. The normalized spacial score (nSPS) is 13.6. The maximum atomic E-state index is 12.6. The number of hydrogen-bond donors (Lipinski definition) is 0. The topological polar surface area (TPSA) is 102 Å². The Morgan fingerprint density at radius 1 is 0.660 bits per heavy atom. The first-order chi connectivity index (χ1) is 22.6. The fourth-order valence-electron chi connectivity index (χ4n) is 4.85. The third-order valence-corrected chi connectivity index (χ3v) is 7.70. The quantitative estimate of drug-likeness (QED) is 0.0327. The highest BCUT2D eigenvalue weighted by atomic mass is 16.6. The van der Waals surface area contributed by atoms with Crippen molar-refractivity contribution in [3.63, 3.8) is 0 Å². The van der Waals surface area contributed by atoms with Gasteiger partial charge in [0.2, 0.25) is 0 Å². The lowest BCUT2D eigenvalue weighted by Gasteiger charge is -2.34. The fraction of sp³-hybridized carbons (Fsp3) is 0.718. The van der Waals surface area contributed by atoms with Crippen molar-refractivity contribution in [2.75, 3.05) is 41.0 Å². The van der Waals surface area contributed by atoms with Crippen LogP contribution in [-0.2, 0) is 28.6 Å². The van der Waals surface area contributed by atoms with E-state index in [-0.39, 0.29) is 49.1 Å². The molecule has 0 amide bonds. The molecule has 2 unspecified atom stereocenters. The molecule has 0 aromatic rings. The molecule has 8 nitrogen and oxygen atoms in total. The van der Waals surface area contributed by atoms with Crippen LogP contribution < -0.4 is 5.11 Å². The van der Waals surface area contributed by atoms with E-state index in [2.05, 4.69) is 62.5 Å². The summed E-state index contributed by atoms with van der Waals surface area (Å²) in [5.74, 6) is -1.82. The smallest absolute Gasteiger partial charge is 0.306 e. The number of carbonyl (C=O) groups is 3. The molecule has 2 atom stereocenters. The zero-order valence-electron chi connectivity index (χ0n) is 30.4. The van der Waals surface area contributed by atoms with E-state index in [1.54, 1.807) is 21.1 Å². The van der Waals surface area contributed by atoms with E-state index >= 15 is 0 Å². The lowest BCUT2D eigenvalue weighted by molar-refractivity contribution is -0.889. The van der Waals surface area contributed by atoms with Crippen LogP contribution in [0.2, 0.25) is 0 Å². The van der Waals surface area contributed by atoms with Gasteiger partial charge in [0.1, 0.15) is 12.6 Å². The van der Waals surface area contributed by atoms with Crippen LogP contribution >= 0.6 is 0 Å². The number of allylic oxidation sites excluding steroid dienone is 8. The molecule has 0 aliphatic heterocycles. The second kappa shape index (κ2) is 30.6. The van der Waals surface area contributed by atoms with Gasteiger partial charge in [-0.15, -0.1) is 0 Å². The maximum Gasteiger partial charge on any atom is 0.306 e. The summed E-state index contributed by atoms with van der Waals surface area (Å²) in [5.41, 5.74) is 0. The number of rotatable bonds is 31. The summed E-state index contributed by atoms with van der Waals surface area (Å²) >= 11 is 0. The molecule has 270 valence electrons. The summed E-state index contributed by atoms with van der Waals surface area (Å²) in [4.78, 5) is 36.5. The fourth-order valence-corrected chi connectivity index (χ4v) is 4.85. The summed E-state index contributed by atoms with van der Waals surface area (Å²) in [6, 6.07) is -0.732. The van der Waals surface area contributed by atoms with Gasteiger partial charge in [0.05, 0.1) is 40.3 Å². The molecule has 0 rings (SSSR count). The zero-order valence-corrected chi connectivity index (χ0v) is 30.4. The van der Waals surface area contributed by atoms with Crippen molar-refractivity contribution >= 4 is 17.9 Å². The molecule has 0 aromatic carbocycles. The highest BCUT2D eigenvalue weighted by Gasteiger charge is 2.25. The Balaban J connectivity index is 4.53. The second-order valence-electron chi connectivity index (χ2n) is 13.1. The van der Waals surface area contributed by atoms with Crippen molar-refractivity contribution in [3.05, 3.63) is 48.6 Å². The van der Waals surface area contributed by atoms with E-state index in [0.717, 1.165) is 64.2 Å². The number of likely N-dealkylation sites (N-methyl/N-ethyl adjacent to an activating group) is 1. The third kappa shape index (κ3) is 29.2. The van der Waals surface area contributed by atoms with Gasteiger partial charge >= 0.3 is 11.9 Å². The monoisotopic (exact) mass is 661 g/mol. The number of nitrogens with zero attached hydrogens (tertiary/aromatic N) is 1. The van der Waals surface area contributed by atoms with Gasteiger partial charge in [-0.1, -0.05) is 94.6 Å². The molecule has 0 N–H and O–H groups in total. The highest BCUT2D eigenvalue weighted by molar-refractivity contribution is 5.70. The van der Waals surface area contributed by atoms with Gasteiger partial charge in [-0.25, -0.2) is 0 Å². The largest absolute Gasteiger partial charge is 0.544 e. The van der Waals surface area contributed by atoms with E-state index in [1.807, 2.05) is 0 Å². The van der Waals surface area contributed by atoms with Crippen molar-refractivity contribution in [1.29, 1.82) is 0 Å². The van der Waals surface area contributed by atoms with Gasteiger partial charge in [0, 0.05) is 19.3 Å². The van der Waals surface area contributed by atoms with Crippen molar-refractivity contribution in [3.8, 4) is 0 Å². The van der Waals surface area contributed by atoms with Gasteiger partial charge < -0.3 is 28.6 Å². The minimum atomic E-state index is -1.14. The van der Waals surface area contributed by atoms with Gasteiger partial charge in [0.15, 0.2) is 6.10 Å². The van der Waals surface area contributed by atoms with Gasteiger partial charge in [-0.2, -0.15) is 0 Å². The molecule has 0 saturated carbocycles. The molecule has 0 aromatic heterocycles. The first-order valence-electron chi connectivity index (χ1n) is 18.2. The number of carboxylic acids is 1. The summed E-state index contributed by atoms with van der Waals surface area (Å²) in [6.07, 6.45) is 32.9. The Morgan fingerprint density at radius 3 is 1.83 bits per heavy atom. The molecular formula is C39H67NO7. The van der Waals surface area contributed by atoms with Crippen LogP contribution in [0.25, 0.3) is 0 Å². The average Bonchev–Trinajstić information content (AvgIpc) is 3.01. The van der Waals surface area contributed by atoms with E-state index in [0.29, 0.717) is 12.8 Å². The molecule has 0 heterocycles. The minimum Gasteiger partial charge on any atom is -0.544 e. The lowest BCUT2D eigenvalue weighted by Crippen LogP contribution is -2.55. The minimum absolute atomic E-state index is 0.0215. The average molecular weight is 662 g/mol. The molecule has 0 spiro atoms. The van der Waals surface area contributed by atoms with Gasteiger partial charge in [-0.3, -0.25) is 9.59 Å². The maximum absolute atomic E-state index is 12.6. The molecule has 8 heteroatoms. The van der Waals surface area contributed by atoms with E-state index in [4.69, 9.17) is 14.2 Å². The van der Waals surface area contributed by atoms with Gasteiger partial charge in [0.25, 0.3) is 0 Å². The predicted molar refractivity (Wildman–Crippen MR) is 189 cm³/mol. The molecular weight excluding hydrogens is 594 g/mol. The predicted octanol–water partition coefficient (Wildman–Crippen LogP) is 7.57. The van der Waals surface area contributed by atoms with Crippen LogP contribution in [0.3, 0.4) is 0 Å². The molecule has 0 fully saturated rings. The molecule has 0 bridgehead atoms. The van der Waals surface area contributed by atoms with Crippen LogP contribution in [-0.4, -0.2) is 75.5 Å². The van der Waals surface area contributed by atoms with E-state index in [9.17, 15) is 19.5 Å².